The van der Waals surface area contributed by atoms with Gasteiger partial charge in [0.25, 0.3) is 0 Å². The van der Waals surface area contributed by atoms with Crippen molar-refractivity contribution in [2.24, 2.45) is 0 Å². The highest BCUT2D eigenvalue weighted by Crippen LogP contribution is 2.37. The van der Waals surface area contributed by atoms with Gasteiger partial charge < -0.3 is 24.8 Å². The van der Waals surface area contributed by atoms with E-state index in [0.29, 0.717) is 31.7 Å². The van der Waals surface area contributed by atoms with Gasteiger partial charge in [-0.25, -0.2) is 22.8 Å². The van der Waals surface area contributed by atoms with Crippen molar-refractivity contribution in [2.75, 3.05) is 31.1 Å². The van der Waals surface area contributed by atoms with Gasteiger partial charge in [-0.3, -0.25) is 0 Å². The normalized spacial score (nSPS) is 14.2. The number of carboxylic acids is 2. The molecule has 1 aliphatic heterocycles. The number of piperazine rings is 1. The van der Waals surface area contributed by atoms with Crippen LogP contribution in [0, 0.1) is 24.4 Å². The number of fused-ring (bicyclic) bond motifs is 1. The monoisotopic (exact) mass is 360 g/mol. The second kappa shape index (κ2) is 7.43. The predicted molar refractivity (Wildman–Crippen MR) is 81.2 cm³/mol. The Morgan fingerprint density at radius 2 is 1.64 bits per heavy atom. The fourth-order valence-electron chi connectivity index (χ4n) is 2.47. The molecule has 1 aliphatic rings. The maximum Gasteiger partial charge on any atom is 0.414 e. The highest BCUT2D eigenvalue weighted by molar-refractivity contribution is 6.27. The van der Waals surface area contributed by atoms with E-state index in [1.807, 2.05) is 0 Å². The molecule has 0 aliphatic carbocycles. The molecular formula is C15H15F3N2O5. The number of hydrogen-bond acceptors (Lipinski definition) is 5. The minimum Gasteiger partial charge on any atom is -0.473 e. The maximum absolute atomic E-state index is 14.0. The lowest BCUT2D eigenvalue weighted by molar-refractivity contribution is -0.159. The molecule has 2 aromatic rings. The summed E-state index contributed by atoms with van der Waals surface area (Å²) >= 11 is 0. The summed E-state index contributed by atoms with van der Waals surface area (Å²) in [6.45, 7) is 3.99. The summed E-state index contributed by atoms with van der Waals surface area (Å²) in [7, 11) is 0. The molecule has 3 N–H and O–H groups in total. The molecule has 2 heterocycles. The molecular weight excluding hydrogens is 345 g/mol. The Morgan fingerprint density at radius 1 is 1.08 bits per heavy atom. The first kappa shape index (κ1) is 18.6. The Hall–Kier alpha value is -2.75. The summed E-state index contributed by atoms with van der Waals surface area (Å²) in [5.74, 6) is -7.45. The Balaban J connectivity index is 0.000000326. The first-order chi connectivity index (χ1) is 11.8. The Bertz CT molecular complexity index is 803. The third-order valence-corrected chi connectivity index (χ3v) is 3.62. The summed E-state index contributed by atoms with van der Waals surface area (Å²) in [6, 6.07) is 0. The zero-order valence-electron chi connectivity index (χ0n) is 13.1. The molecule has 0 saturated carbocycles. The van der Waals surface area contributed by atoms with Gasteiger partial charge in [0.1, 0.15) is 5.69 Å². The standard InChI is InChI=1S/C13H13F3N2O.C2H2O4/c1-7-6-19-13-8(7)9(14)10(15)11(16)12(13)18-4-2-17-3-5-18;3-1(4)2(5)6/h6,17H,2-5H2,1H3;(H,3,4)(H,5,6). The number of aliphatic carboxylic acids is 2. The van der Waals surface area contributed by atoms with E-state index in [4.69, 9.17) is 24.2 Å². The molecule has 1 fully saturated rings. The predicted octanol–water partition coefficient (Wildman–Crippen LogP) is 1.72. The molecule has 0 atom stereocenters. The lowest BCUT2D eigenvalue weighted by Crippen LogP contribution is -2.44. The average molecular weight is 360 g/mol. The van der Waals surface area contributed by atoms with E-state index in [0.717, 1.165) is 0 Å². The van der Waals surface area contributed by atoms with Crippen molar-refractivity contribution in [1.29, 1.82) is 0 Å². The largest absolute Gasteiger partial charge is 0.473 e. The summed E-state index contributed by atoms with van der Waals surface area (Å²) in [5, 5.41) is 17.9. The van der Waals surface area contributed by atoms with E-state index in [1.54, 1.807) is 11.8 Å². The second-order valence-electron chi connectivity index (χ2n) is 5.26. The van der Waals surface area contributed by atoms with E-state index in [1.165, 1.54) is 6.26 Å². The number of aryl methyl sites for hydroxylation is 1. The van der Waals surface area contributed by atoms with Crippen molar-refractivity contribution in [1.82, 2.24) is 5.32 Å². The molecule has 0 unspecified atom stereocenters. The van der Waals surface area contributed by atoms with E-state index < -0.39 is 29.4 Å². The van der Waals surface area contributed by atoms with Crippen molar-refractivity contribution in [3.05, 3.63) is 29.3 Å². The molecule has 0 spiro atoms. The van der Waals surface area contributed by atoms with Crippen LogP contribution in [0.25, 0.3) is 11.0 Å². The van der Waals surface area contributed by atoms with Gasteiger partial charge in [0.2, 0.25) is 0 Å². The van der Waals surface area contributed by atoms with Crippen LogP contribution in [0.4, 0.5) is 18.9 Å². The van der Waals surface area contributed by atoms with E-state index in [9.17, 15) is 13.2 Å². The minimum absolute atomic E-state index is 0.0171. The Morgan fingerprint density at radius 3 is 2.16 bits per heavy atom. The van der Waals surface area contributed by atoms with Gasteiger partial charge in [0.15, 0.2) is 23.0 Å². The summed E-state index contributed by atoms with van der Waals surface area (Å²) in [4.78, 5) is 19.9. The highest BCUT2D eigenvalue weighted by atomic mass is 19.2. The summed E-state index contributed by atoms with van der Waals surface area (Å²) < 4.78 is 46.8. The maximum atomic E-state index is 14.0. The molecule has 136 valence electrons. The van der Waals surface area contributed by atoms with Gasteiger partial charge >= 0.3 is 11.9 Å². The molecule has 7 nitrogen and oxygen atoms in total. The molecule has 0 radical (unpaired) electrons. The van der Waals surface area contributed by atoms with Crippen LogP contribution in [0.1, 0.15) is 5.56 Å². The topological polar surface area (TPSA) is 103 Å². The van der Waals surface area contributed by atoms with Gasteiger partial charge in [-0.15, -0.1) is 0 Å². The molecule has 1 saturated heterocycles. The molecule has 0 bridgehead atoms. The number of nitrogens with zero attached hydrogens (tertiary/aromatic N) is 1. The number of benzene rings is 1. The lowest BCUT2D eigenvalue weighted by atomic mass is 10.1. The first-order valence-corrected chi connectivity index (χ1v) is 7.21. The van der Waals surface area contributed by atoms with Crippen LogP contribution in [0.2, 0.25) is 0 Å². The van der Waals surface area contributed by atoms with Gasteiger partial charge in [0.05, 0.1) is 11.6 Å². The van der Waals surface area contributed by atoms with Crippen LogP contribution >= 0.6 is 0 Å². The van der Waals surface area contributed by atoms with E-state index in [-0.39, 0.29) is 16.7 Å². The number of nitrogens with one attached hydrogen (secondary N) is 1. The summed E-state index contributed by atoms with van der Waals surface area (Å²) in [6.07, 6.45) is 1.32. The third kappa shape index (κ3) is 3.68. The van der Waals surface area contributed by atoms with E-state index >= 15 is 0 Å². The smallest absolute Gasteiger partial charge is 0.414 e. The van der Waals surface area contributed by atoms with Crippen LogP contribution in [0.3, 0.4) is 0 Å². The molecule has 25 heavy (non-hydrogen) atoms. The zero-order valence-corrected chi connectivity index (χ0v) is 13.1. The van der Waals surface area contributed by atoms with Crippen molar-refractivity contribution >= 4 is 28.6 Å². The lowest BCUT2D eigenvalue weighted by Gasteiger charge is -2.29. The Labute approximate surface area is 139 Å². The number of anilines is 1. The SMILES string of the molecule is Cc1coc2c(N3CCNCC3)c(F)c(F)c(F)c12.O=C(O)C(=O)O. The minimum atomic E-state index is -1.82. The van der Waals surface area contributed by atoms with Crippen molar-refractivity contribution < 1.29 is 37.4 Å². The quantitative estimate of drug-likeness (QED) is 0.526. The number of rotatable bonds is 1. The molecule has 1 aromatic carbocycles. The fraction of sp³-hybridized carbons (Fsp3) is 0.333. The van der Waals surface area contributed by atoms with Crippen LogP contribution in [-0.2, 0) is 9.59 Å². The number of carboxylic acid groups (broad SMARTS) is 2. The van der Waals surface area contributed by atoms with Gasteiger partial charge in [0, 0.05) is 26.2 Å². The average Bonchev–Trinajstić information content (AvgIpc) is 2.96. The van der Waals surface area contributed by atoms with Crippen LogP contribution in [0.5, 0.6) is 0 Å². The molecule has 1 aromatic heterocycles. The van der Waals surface area contributed by atoms with Gasteiger partial charge in [-0.2, -0.15) is 0 Å². The second-order valence-corrected chi connectivity index (χ2v) is 5.26. The van der Waals surface area contributed by atoms with Crippen LogP contribution in [-0.4, -0.2) is 48.3 Å². The zero-order chi connectivity index (χ0) is 18.7. The Kier molecular flexibility index (Phi) is 5.52. The summed E-state index contributed by atoms with van der Waals surface area (Å²) in [5.41, 5.74) is 0.557. The number of halogens is 3. The van der Waals surface area contributed by atoms with Gasteiger partial charge in [-0.1, -0.05) is 0 Å². The van der Waals surface area contributed by atoms with Crippen LogP contribution < -0.4 is 10.2 Å². The van der Waals surface area contributed by atoms with Crippen molar-refractivity contribution in [3.8, 4) is 0 Å². The molecule has 3 rings (SSSR count). The highest BCUT2D eigenvalue weighted by Gasteiger charge is 2.27. The molecule has 10 heteroatoms. The number of hydrogen-bond donors (Lipinski definition) is 3. The van der Waals surface area contributed by atoms with Crippen molar-refractivity contribution in [3.63, 3.8) is 0 Å². The molecule has 0 amide bonds. The third-order valence-electron chi connectivity index (χ3n) is 3.62. The van der Waals surface area contributed by atoms with Crippen molar-refractivity contribution in [2.45, 2.75) is 6.92 Å². The van der Waals surface area contributed by atoms with E-state index in [2.05, 4.69) is 5.32 Å². The first-order valence-electron chi connectivity index (χ1n) is 7.21. The van der Waals surface area contributed by atoms with Crippen LogP contribution in [0.15, 0.2) is 10.7 Å². The number of carbonyl (C=O) groups is 2. The van der Waals surface area contributed by atoms with Gasteiger partial charge in [-0.05, 0) is 12.5 Å². The number of furan rings is 1. The fourth-order valence-corrected chi connectivity index (χ4v) is 2.47.